The van der Waals surface area contributed by atoms with Crippen molar-refractivity contribution in [3.05, 3.63) is 29.6 Å². The molecule has 3 nitrogen and oxygen atoms in total. The van der Waals surface area contributed by atoms with E-state index >= 15 is 0 Å². The van der Waals surface area contributed by atoms with Crippen LogP contribution in [-0.4, -0.2) is 32.8 Å². The van der Waals surface area contributed by atoms with E-state index in [1.54, 1.807) is 13.2 Å². The summed E-state index contributed by atoms with van der Waals surface area (Å²) >= 11 is 0. The molecule has 0 aliphatic carbocycles. The van der Waals surface area contributed by atoms with Gasteiger partial charge in [-0.2, -0.15) is 0 Å². The molecule has 114 valence electrons. The molecular formula is C16H27FN2O. The highest BCUT2D eigenvalue weighted by atomic mass is 19.1. The van der Waals surface area contributed by atoms with Gasteiger partial charge in [0.05, 0.1) is 12.3 Å². The SMILES string of the molecule is COCCN(CC(C)C)c1ccc(CC(C)N)cc1F. The second kappa shape index (κ2) is 8.22. The van der Waals surface area contributed by atoms with E-state index in [4.69, 9.17) is 10.5 Å². The minimum Gasteiger partial charge on any atom is -0.383 e. The van der Waals surface area contributed by atoms with Crippen molar-refractivity contribution in [1.82, 2.24) is 0 Å². The molecule has 0 saturated heterocycles. The normalized spacial score (nSPS) is 12.8. The Hall–Kier alpha value is -1.13. The first kappa shape index (κ1) is 16.9. The number of halogens is 1. The number of nitrogens with two attached hydrogens (primary N) is 1. The molecule has 1 aromatic carbocycles. The Labute approximate surface area is 121 Å². The number of hydrogen-bond donors (Lipinski definition) is 1. The van der Waals surface area contributed by atoms with Gasteiger partial charge in [-0.1, -0.05) is 19.9 Å². The van der Waals surface area contributed by atoms with E-state index < -0.39 is 0 Å². The Balaban J connectivity index is 2.89. The first-order valence-corrected chi connectivity index (χ1v) is 7.22. The molecule has 0 fully saturated rings. The third-order valence-electron chi connectivity index (χ3n) is 3.06. The molecule has 0 heterocycles. The summed E-state index contributed by atoms with van der Waals surface area (Å²) in [5, 5.41) is 0. The van der Waals surface area contributed by atoms with Gasteiger partial charge in [0.15, 0.2) is 0 Å². The van der Waals surface area contributed by atoms with Crippen LogP contribution in [0.4, 0.5) is 10.1 Å². The van der Waals surface area contributed by atoms with Crippen LogP contribution in [0.5, 0.6) is 0 Å². The zero-order valence-corrected chi connectivity index (χ0v) is 13.0. The van der Waals surface area contributed by atoms with Crippen LogP contribution in [0, 0.1) is 11.7 Å². The monoisotopic (exact) mass is 282 g/mol. The minimum absolute atomic E-state index is 0.0421. The van der Waals surface area contributed by atoms with Gasteiger partial charge in [-0.05, 0) is 37.0 Å². The third kappa shape index (κ3) is 5.47. The van der Waals surface area contributed by atoms with Crippen molar-refractivity contribution < 1.29 is 9.13 Å². The van der Waals surface area contributed by atoms with Gasteiger partial charge in [0.2, 0.25) is 0 Å². The standard InChI is InChI=1S/C16H27FN2O/c1-12(2)11-19(7-8-20-4)16-6-5-14(9-13(3)18)10-15(16)17/h5-6,10,12-13H,7-9,11,18H2,1-4H3. The van der Waals surface area contributed by atoms with Crippen LogP contribution in [0.15, 0.2) is 18.2 Å². The van der Waals surface area contributed by atoms with E-state index in [1.165, 1.54) is 0 Å². The zero-order valence-electron chi connectivity index (χ0n) is 13.0. The van der Waals surface area contributed by atoms with Crippen LogP contribution in [0.3, 0.4) is 0 Å². The van der Waals surface area contributed by atoms with Crippen molar-refractivity contribution in [2.24, 2.45) is 11.7 Å². The average molecular weight is 282 g/mol. The third-order valence-corrected chi connectivity index (χ3v) is 3.06. The average Bonchev–Trinajstić information content (AvgIpc) is 2.33. The Morgan fingerprint density at radius 2 is 2.00 bits per heavy atom. The van der Waals surface area contributed by atoms with Crippen molar-refractivity contribution >= 4 is 5.69 Å². The molecule has 0 bridgehead atoms. The molecule has 0 aliphatic heterocycles. The van der Waals surface area contributed by atoms with Crippen LogP contribution in [0.25, 0.3) is 0 Å². The lowest BCUT2D eigenvalue weighted by Gasteiger charge is -2.27. The summed E-state index contributed by atoms with van der Waals surface area (Å²) in [6.45, 7) is 8.28. The molecule has 1 aromatic rings. The Morgan fingerprint density at radius 1 is 1.30 bits per heavy atom. The van der Waals surface area contributed by atoms with Crippen molar-refractivity contribution in [2.75, 3.05) is 31.7 Å². The van der Waals surface area contributed by atoms with E-state index in [1.807, 2.05) is 24.0 Å². The first-order valence-electron chi connectivity index (χ1n) is 7.22. The molecule has 1 unspecified atom stereocenters. The van der Waals surface area contributed by atoms with Gasteiger partial charge in [-0.3, -0.25) is 0 Å². The van der Waals surface area contributed by atoms with Gasteiger partial charge < -0.3 is 15.4 Å². The van der Waals surface area contributed by atoms with Gasteiger partial charge in [-0.15, -0.1) is 0 Å². The van der Waals surface area contributed by atoms with Gasteiger partial charge in [0, 0.05) is 26.2 Å². The van der Waals surface area contributed by atoms with E-state index in [2.05, 4.69) is 13.8 Å². The van der Waals surface area contributed by atoms with Crippen LogP contribution < -0.4 is 10.6 Å². The molecule has 0 saturated carbocycles. The molecule has 4 heteroatoms. The molecule has 20 heavy (non-hydrogen) atoms. The highest BCUT2D eigenvalue weighted by Gasteiger charge is 2.13. The summed E-state index contributed by atoms with van der Waals surface area (Å²) in [7, 11) is 1.66. The lowest BCUT2D eigenvalue weighted by molar-refractivity contribution is 0.204. The van der Waals surface area contributed by atoms with Crippen molar-refractivity contribution in [3.63, 3.8) is 0 Å². The largest absolute Gasteiger partial charge is 0.383 e. The maximum Gasteiger partial charge on any atom is 0.146 e. The minimum atomic E-state index is -0.181. The second-order valence-electron chi connectivity index (χ2n) is 5.80. The van der Waals surface area contributed by atoms with Crippen molar-refractivity contribution in [2.45, 2.75) is 33.2 Å². The number of ether oxygens (including phenoxy) is 1. The Morgan fingerprint density at radius 3 is 2.50 bits per heavy atom. The number of benzene rings is 1. The summed E-state index contributed by atoms with van der Waals surface area (Å²) in [6.07, 6.45) is 0.694. The van der Waals surface area contributed by atoms with Crippen LogP contribution in [-0.2, 0) is 11.2 Å². The van der Waals surface area contributed by atoms with Gasteiger partial charge in [0.25, 0.3) is 0 Å². The molecule has 1 atom stereocenters. The number of methoxy groups -OCH3 is 1. The van der Waals surface area contributed by atoms with Crippen LogP contribution in [0.1, 0.15) is 26.3 Å². The fourth-order valence-electron chi connectivity index (χ4n) is 2.26. The molecule has 0 aromatic heterocycles. The first-order chi connectivity index (χ1) is 9.43. The summed E-state index contributed by atoms with van der Waals surface area (Å²) in [4.78, 5) is 2.04. The summed E-state index contributed by atoms with van der Waals surface area (Å²) < 4.78 is 19.4. The quantitative estimate of drug-likeness (QED) is 0.797. The molecule has 0 radical (unpaired) electrons. The van der Waals surface area contributed by atoms with E-state index in [0.717, 1.165) is 12.1 Å². The fraction of sp³-hybridized carbons (Fsp3) is 0.625. The molecule has 0 amide bonds. The maximum atomic E-state index is 14.3. The van der Waals surface area contributed by atoms with Crippen LogP contribution >= 0.6 is 0 Å². The van der Waals surface area contributed by atoms with E-state index in [-0.39, 0.29) is 11.9 Å². The smallest absolute Gasteiger partial charge is 0.146 e. The van der Waals surface area contributed by atoms with E-state index in [0.29, 0.717) is 31.2 Å². The van der Waals surface area contributed by atoms with E-state index in [9.17, 15) is 4.39 Å². The number of anilines is 1. The van der Waals surface area contributed by atoms with Crippen molar-refractivity contribution in [3.8, 4) is 0 Å². The summed E-state index contributed by atoms with van der Waals surface area (Å²) in [5.41, 5.74) is 7.34. The Kier molecular flexibility index (Phi) is 6.96. The topological polar surface area (TPSA) is 38.5 Å². The maximum absolute atomic E-state index is 14.3. The Bertz CT molecular complexity index is 407. The lowest BCUT2D eigenvalue weighted by atomic mass is 10.1. The zero-order chi connectivity index (χ0) is 15.1. The number of hydrogen-bond acceptors (Lipinski definition) is 3. The number of rotatable bonds is 8. The summed E-state index contributed by atoms with van der Waals surface area (Å²) in [6, 6.07) is 5.45. The predicted octanol–water partition coefficient (Wildman–Crippen LogP) is 2.82. The lowest BCUT2D eigenvalue weighted by Crippen LogP contribution is -2.31. The molecular weight excluding hydrogens is 255 g/mol. The number of nitrogens with zero attached hydrogens (tertiary/aromatic N) is 1. The highest BCUT2D eigenvalue weighted by molar-refractivity contribution is 5.49. The predicted molar refractivity (Wildman–Crippen MR) is 82.7 cm³/mol. The van der Waals surface area contributed by atoms with Crippen LogP contribution in [0.2, 0.25) is 0 Å². The van der Waals surface area contributed by atoms with Gasteiger partial charge >= 0.3 is 0 Å². The van der Waals surface area contributed by atoms with Gasteiger partial charge in [0.1, 0.15) is 5.82 Å². The fourth-order valence-corrected chi connectivity index (χ4v) is 2.26. The molecule has 0 aliphatic rings. The summed E-state index contributed by atoms with van der Waals surface area (Å²) in [5.74, 6) is 0.287. The van der Waals surface area contributed by atoms with Crippen molar-refractivity contribution in [1.29, 1.82) is 0 Å². The molecule has 0 spiro atoms. The molecule has 2 N–H and O–H groups in total. The molecule has 1 rings (SSSR count). The second-order valence-corrected chi connectivity index (χ2v) is 5.80. The van der Waals surface area contributed by atoms with Gasteiger partial charge in [-0.25, -0.2) is 4.39 Å². The highest BCUT2D eigenvalue weighted by Crippen LogP contribution is 2.22.